The molecule has 24 heavy (non-hydrogen) atoms. The van der Waals surface area contributed by atoms with Gasteiger partial charge in [-0.1, -0.05) is 23.9 Å². The Bertz CT molecular complexity index is 957. The lowest BCUT2D eigenvalue weighted by Crippen LogP contribution is -2.17. The predicted octanol–water partition coefficient (Wildman–Crippen LogP) is 1.99. The molecule has 3 heterocycles. The number of H-pyrrole nitrogens is 1. The molecule has 0 radical (unpaired) electrons. The van der Waals surface area contributed by atoms with Crippen molar-refractivity contribution in [3.63, 3.8) is 0 Å². The molecule has 1 amide bonds. The lowest BCUT2D eigenvalue weighted by atomic mass is 10.1. The highest BCUT2D eigenvalue weighted by molar-refractivity contribution is 7.99. The number of rotatable bonds is 3. The maximum atomic E-state index is 12.2. The van der Waals surface area contributed by atoms with Crippen molar-refractivity contribution in [1.82, 2.24) is 19.5 Å². The Labute approximate surface area is 141 Å². The fourth-order valence-corrected chi connectivity index (χ4v) is 3.44. The number of aromatic amines is 1. The van der Waals surface area contributed by atoms with Gasteiger partial charge in [-0.25, -0.2) is 9.97 Å². The summed E-state index contributed by atoms with van der Waals surface area (Å²) in [7, 11) is 0. The van der Waals surface area contributed by atoms with Gasteiger partial charge in [-0.3, -0.25) is 9.59 Å². The number of aryl methyl sites for hydroxylation is 1. The van der Waals surface area contributed by atoms with E-state index >= 15 is 0 Å². The molecule has 120 valence electrons. The molecule has 0 saturated heterocycles. The molecule has 0 atom stereocenters. The van der Waals surface area contributed by atoms with Crippen LogP contribution >= 0.6 is 11.8 Å². The van der Waals surface area contributed by atoms with Crippen LogP contribution in [-0.4, -0.2) is 31.2 Å². The zero-order valence-electron chi connectivity index (χ0n) is 12.5. The zero-order chi connectivity index (χ0) is 16.5. The summed E-state index contributed by atoms with van der Waals surface area (Å²) in [6, 6.07) is 8.61. The monoisotopic (exact) mass is 339 g/mol. The van der Waals surface area contributed by atoms with Gasteiger partial charge in [-0.2, -0.15) is 0 Å². The third-order valence-corrected chi connectivity index (χ3v) is 4.60. The first kappa shape index (κ1) is 14.7. The number of aromatic nitrogens is 4. The summed E-state index contributed by atoms with van der Waals surface area (Å²) in [6.45, 7) is 0.970. The second kappa shape index (κ2) is 5.97. The van der Waals surface area contributed by atoms with E-state index in [1.54, 1.807) is 17.8 Å². The largest absolute Gasteiger partial charge is 0.325 e. The summed E-state index contributed by atoms with van der Waals surface area (Å²) in [6.07, 6.45) is 3.23. The Kier molecular flexibility index (Phi) is 3.66. The number of amides is 1. The summed E-state index contributed by atoms with van der Waals surface area (Å²) in [5.74, 6) is 0.628. The number of imidazole rings is 1. The van der Waals surface area contributed by atoms with Crippen molar-refractivity contribution in [2.24, 2.45) is 0 Å². The van der Waals surface area contributed by atoms with E-state index in [0.29, 0.717) is 5.69 Å². The first-order valence-corrected chi connectivity index (χ1v) is 8.34. The van der Waals surface area contributed by atoms with Crippen LogP contribution in [0, 0.1) is 0 Å². The van der Waals surface area contributed by atoms with Gasteiger partial charge in [0.15, 0.2) is 5.16 Å². The van der Waals surface area contributed by atoms with Crippen LogP contribution in [0.3, 0.4) is 0 Å². The summed E-state index contributed by atoms with van der Waals surface area (Å²) >= 11 is 1.74. The fourth-order valence-electron chi connectivity index (χ4n) is 2.49. The van der Waals surface area contributed by atoms with Crippen LogP contribution < -0.4 is 10.9 Å². The number of anilines is 1. The summed E-state index contributed by atoms with van der Waals surface area (Å²) in [5.41, 5.74) is 2.13. The number of nitrogens with one attached hydrogen (secondary N) is 2. The van der Waals surface area contributed by atoms with Crippen molar-refractivity contribution in [2.45, 2.75) is 11.7 Å². The van der Waals surface area contributed by atoms with Crippen LogP contribution in [0.5, 0.6) is 0 Å². The lowest BCUT2D eigenvalue weighted by molar-refractivity contribution is 0.102. The quantitative estimate of drug-likeness (QED) is 0.761. The molecule has 0 bridgehead atoms. The highest BCUT2D eigenvalue weighted by Gasteiger charge is 2.15. The minimum absolute atomic E-state index is 0.0709. The van der Waals surface area contributed by atoms with E-state index in [9.17, 15) is 9.59 Å². The van der Waals surface area contributed by atoms with E-state index in [1.165, 1.54) is 6.33 Å². The van der Waals surface area contributed by atoms with E-state index in [-0.39, 0.29) is 11.3 Å². The Morgan fingerprint density at radius 3 is 3.08 bits per heavy atom. The molecule has 1 aliphatic heterocycles. The number of nitrogens with zero attached hydrogens (tertiary/aromatic N) is 3. The fraction of sp³-hybridized carbons (Fsp3) is 0.125. The van der Waals surface area contributed by atoms with Gasteiger partial charge in [0.25, 0.3) is 11.5 Å². The Hall–Kier alpha value is -2.87. The van der Waals surface area contributed by atoms with E-state index in [2.05, 4.69) is 24.8 Å². The van der Waals surface area contributed by atoms with Gasteiger partial charge in [0.05, 0.1) is 12.0 Å². The maximum absolute atomic E-state index is 12.2. The van der Waals surface area contributed by atoms with Crippen molar-refractivity contribution in [1.29, 1.82) is 0 Å². The lowest BCUT2D eigenvalue weighted by Gasteiger charge is -2.06. The summed E-state index contributed by atoms with van der Waals surface area (Å²) in [4.78, 5) is 34.3. The minimum atomic E-state index is -0.429. The molecular weight excluding hydrogens is 326 g/mol. The number of hydrogen-bond acceptors (Lipinski definition) is 5. The molecule has 1 aliphatic rings. The first-order valence-electron chi connectivity index (χ1n) is 7.35. The molecule has 1 aromatic carbocycles. The van der Waals surface area contributed by atoms with Gasteiger partial charge < -0.3 is 14.9 Å². The second-order valence-electron chi connectivity index (χ2n) is 5.28. The summed E-state index contributed by atoms with van der Waals surface area (Å²) < 4.78 is 2.13. The van der Waals surface area contributed by atoms with Crippen molar-refractivity contribution in [2.75, 3.05) is 11.1 Å². The molecule has 0 saturated carbocycles. The van der Waals surface area contributed by atoms with Gasteiger partial charge in [0, 0.05) is 35.8 Å². The third kappa shape index (κ3) is 2.83. The van der Waals surface area contributed by atoms with E-state index in [0.717, 1.165) is 34.8 Å². The van der Waals surface area contributed by atoms with Gasteiger partial charge in [0.2, 0.25) is 0 Å². The average molecular weight is 339 g/mol. The zero-order valence-corrected chi connectivity index (χ0v) is 13.3. The normalized spacial score (nSPS) is 12.8. The third-order valence-electron chi connectivity index (χ3n) is 3.63. The molecule has 2 aromatic heterocycles. The van der Waals surface area contributed by atoms with Gasteiger partial charge >= 0.3 is 0 Å². The highest BCUT2D eigenvalue weighted by Crippen LogP contribution is 2.29. The summed E-state index contributed by atoms with van der Waals surface area (Å²) in [5, 5.41) is 3.77. The minimum Gasteiger partial charge on any atom is -0.325 e. The van der Waals surface area contributed by atoms with Crippen LogP contribution in [0.2, 0.25) is 0 Å². The van der Waals surface area contributed by atoms with Gasteiger partial charge in [-0.05, 0) is 12.1 Å². The number of carbonyl (C=O) groups excluding carboxylic acids is 1. The number of carbonyl (C=O) groups is 1. The molecule has 4 rings (SSSR count). The van der Waals surface area contributed by atoms with Crippen molar-refractivity contribution < 1.29 is 4.79 Å². The maximum Gasteiger partial charge on any atom is 0.274 e. The Balaban J connectivity index is 1.58. The molecular formula is C16H13N5O2S. The molecule has 8 heteroatoms. The molecule has 0 spiro atoms. The molecule has 0 unspecified atom stereocenters. The standard InChI is InChI=1S/C16H13N5O2S/c22-14-7-12(17-9-18-14)15(23)19-11-3-1-2-10(6-11)13-8-21-4-5-24-16(21)20-13/h1-3,6-9H,4-5H2,(H,19,23)(H,17,18,22). The molecule has 3 aromatic rings. The second-order valence-corrected chi connectivity index (χ2v) is 6.34. The Morgan fingerprint density at radius 2 is 2.25 bits per heavy atom. The van der Waals surface area contributed by atoms with Crippen LogP contribution in [0.1, 0.15) is 10.5 Å². The number of benzene rings is 1. The van der Waals surface area contributed by atoms with Crippen molar-refractivity contribution in [3.05, 3.63) is 58.9 Å². The van der Waals surface area contributed by atoms with E-state index in [1.807, 2.05) is 24.4 Å². The SMILES string of the molecule is O=C(Nc1cccc(-c2cn3c(n2)SCC3)c1)c1cc(=O)[nH]cn1. The molecule has 2 N–H and O–H groups in total. The van der Waals surface area contributed by atoms with E-state index < -0.39 is 5.91 Å². The van der Waals surface area contributed by atoms with Crippen molar-refractivity contribution >= 4 is 23.4 Å². The molecule has 0 fully saturated rings. The van der Waals surface area contributed by atoms with Crippen LogP contribution in [0.4, 0.5) is 5.69 Å². The predicted molar refractivity (Wildman–Crippen MR) is 91.2 cm³/mol. The van der Waals surface area contributed by atoms with Crippen molar-refractivity contribution in [3.8, 4) is 11.3 Å². The molecule has 7 nitrogen and oxygen atoms in total. The highest BCUT2D eigenvalue weighted by atomic mass is 32.2. The van der Waals surface area contributed by atoms with Gasteiger partial charge in [0.1, 0.15) is 5.69 Å². The van der Waals surface area contributed by atoms with Crippen LogP contribution in [0.25, 0.3) is 11.3 Å². The number of thioether (sulfide) groups is 1. The Morgan fingerprint density at radius 1 is 1.33 bits per heavy atom. The van der Waals surface area contributed by atoms with E-state index in [4.69, 9.17) is 0 Å². The number of fused-ring (bicyclic) bond motifs is 1. The molecule has 0 aliphatic carbocycles. The van der Waals surface area contributed by atoms with Gasteiger partial charge in [-0.15, -0.1) is 0 Å². The number of hydrogen-bond donors (Lipinski definition) is 2. The first-order chi connectivity index (χ1) is 11.7. The van der Waals surface area contributed by atoms with Crippen LogP contribution in [0.15, 0.2) is 52.8 Å². The smallest absolute Gasteiger partial charge is 0.274 e. The van der Waals surface area contributed by atoms with Crippen LogP contribution in [-0.2, 0) is 6.54 Å². The topological polar surface area (TPSA) is 92.7 Å². The average Bonchev–Trinajstić information content (AvgIpc) is 3.17.